The van der Waals surface area contributed by atoms with E-state index in [9.17, 15) is 10.1 Å². The van der Waals surface area contributed by atoms with Crippen molar-refractivity contribution in [1.82, 2.24) is 9.97 Å². The van der Waals surface area contributed by atoms with Gasteiger partial charge in [0, 0.05) is 17.7 Å². The van der Waals surface area contributed by atoms with Crippen molar-refractivity contribution in [2.45, 2.75) is 0 Å². The quantitative estimate of drug-likeness (QED) is 0.539. The van der Waals surface area contributed by atoms with Gasteiger partial charge in [0.2, 0.25) is 5.88 Å². The largest absolute Gasteiger partial charge is 0.437 e. The minimum atomic E-state index is -0.507. The molecule has 0 N–H and O–H groups in total. The topological polar surface area (TPSA) is 78.2 Å². The third-order valence-corrected chi connectivity index (χ3v) is 2.96. The van der Waals surface area contributed by atoms with E-state index < -0.39 is 4.92 Å². The fourth-order valence-electron chi connectivity index (χ4n) is 1.88. The molecule has 3 rings (SSSR count). The van der Waals surface area contributed by atoms with Crippen LogP contribution in [0.15, 0.2) is 67.0 Å². The van der Waals surface area contributed by atoms with Crippen molar-refractivity contribution in [2.24, 2.45) is 0 Å². The number of nitro groups is 1. The molecule has 2 aromatic heterocycles. The predicted molar refractivity (Wildman–Crippen MR) is 80.6 cm³/mol. The van der Waals surface area contributed by atoms with Gasteiger partial charge in [-0.25, -0.2) is 4.98 Å². The number of aromatic nitrogens is 2. The highest BCUT2D eigenvalue weighted by molar-refractivity contribution is 5.59. The Hall–Kier alpha value is -3.28. The molecule has 0 atom stereocenters. The number of benzene rings is 1. The average Bonchev–Trinajstić information content (AvgIpc) is 2.57. The Morgan fingerprint density at radius 3 is 2.32 bits per heavy atom. The van der Waals surface area contributed by atoms with Crippen molar-refractivity contribution in [3.05, 3.63) is 77.1 Å². The molecule has 0 aliphatic rings. The van der Waals surface area contributed by atoms with Gasteiger partial charge < -0.3 is 4.74 Å². The Balaban J connectivity index is 1.75. The van der Waals surface area contributed by atoms with Gasteiger partial charge in [0.1, 0.15) is 11.9 Å². The van der Waals surface area contributed by atoms with Gasteiger partial charge >= 0.3 is 0 Å². The average molecular weight is 293 g/mol. The summed E-state index contributed by atoms with van der Waals surface area (Å²) < 4.78 is 5.51. The zero-order chi connectivity index (χ0) is 15.4. The van der Waals surface area contributed by atoms with Crippen LogP contribution in [0, 0.1) is 10.1 Å². The molecule has 6 nitrogen and oxygen atoms in total. The first kappa shape index (κ1) is 13.7. The van der Waals surface area contributed by atoms with Crippen LogP contribution in [0.25, 0.3) is 11.3 Å². The number of rotatable bonds is 4. The molecule has 0 radical (unpaired) electrons. The molecule has 0 saturated heterocycles. The summed E-state index contributed by atoms with van der Waals surface area (Å²) in [4.78, 5) is 18.3. The van der Waals surface area contributed by atoms with Gasteiger partial charge in [-0.05, 0) is 12.1 Å². The fourth-order valence-corrected chi connectivity index (χ4v) is 1.88. The second-order valence-corrected chi connectivity index (χ2v) is 4.46. The molecule has 2 heterocycles. The van der Waals surface area contributed by atoms with E-state index in [0.29, 0.717) is 5.75 Å². The third-order valence-electron chi connectivity index (χ3n) is 2.96. The lowest BCUT2D eigenvalue weighted by Gasteiger charge is -2.05. The van der Waals surface area contributed by atoms with Crippen LogP contribution in [0.2, 0.25) is 0 Å². The maximum Gasteiger partial charge on any atom is 0.287 e. The zero-order valence-electron chi connectivity index (χ0n) is 11.4. The smallest absolute Gasteiger partial charge is 0.287 e. The normalized spacial score (nSPS) is 10.2. The van der Waals surface area contributed by atoms with Gasteiger partial charge in [0.25, 0.3) is 5.69 Å². The molecule has 108 valence electrons. The SMILES string of the molecule is O=[N+]([O-])c1ccc(Oc2ccc(-c3ccccc3)nc2)nc1. The van der Waals surface area contributed by atoms with E-state index in [0.717, 1.165) is 17.5 Å². The summed E-state index contributed by atoms with van der Waals surface area (Å²) in [7, 11) is 0. The lowest BCUT2D eigenvalue weighted by atomic mass is 10.1. The highest BCUT2D eigenvalue weighted by Gasteiger charge is 2.07. The van der Waals surface area contributed by atoms with Crippen LogP contribution in [-0.2, 0) is 0 Å². The van der Waals surface area contributed by atoms with Crippen LogP contribution >= 0.6 is 0 Å². The molecule has 0 spiro atoms. The molecule has 6 heteroatoms. The van der Waals surface area contributed by atoms with Gasteiger partial charge in [-0.3, -0.25) is 15.1 Å². The predicted octanol–water partition coefficient (Wildman–Crippen LogP) is 3.84. The lowest BCUT2D eigenvalue weighted by molar-refractivity contribution is -0.385. The molecule has 0 fully saturated rings. The first-order chi connectivity index (χ1) is 10.7. The van der Waals surface area contributed by atoms with Crippen LogP contribution < -0.4 is 4.74 Å². The Kier molecular flexibility index (Phi) is 3.74. The van der Waals surface area contributed by atoms with E-state index in [2.05, 4.69) is 9.97 Å². The minimum Gasteiger partial charge on any atom is -0.437 e. The van der Waals surface area contributed by atoms with Gasteiger partial charge in [-0.15, -0.1) is 0 Å². The van der Waals surface area contributed by atoms with Gasteiger partial charge in [0.15, 0.2) is 0 Å². The summed E-state index contributed by atoms with van der Waals surface area (Å²) in [6.45, 7) is 0. The van der Waals surface area contributed by atoms with E-state index in [1.807, 2.05) is 36.4 Å². The zero-order valence-corrected chi connectivity index (χ0v) is 11.4. The van der Waals surface area contributed by atoms with E-state index >= 15 is 0 Å². The van der Waals surface area contributed by atoms with Gasteiger partial charge in [-0.1, -0.05) is 30.3 Å². The Labute approximate surface area is 126 Å². The highest BCUT2D eigenvalue weighted by Crippen LogP contribution is 2.23. The van der Waals surface area contributed by atoms with E-state index in [1.165, 1.54) is 12.1 Å². The van der Waals surface area contributed by atoms with Crippen molar-refractivity contribution in [3.63, 3.8) is 0 Å². The van der Waals surface area contributed by atoms with Gasteiger partial charge in [-0.2, -0.15) is 0 Å². The summed E-state index contributed by atoms with van der Waals surface area (Å²) in [5.41, 5.74) is 1.78. The van der Waals surface area contributed by atoms with Crippen LogP contribution in [0.4, 0.5) is 5.69 Å². The second kappa shape index (κ2) is 6.01. The summed E-state index contributed by atoms with van der Waals surface area (Å²) >= 11 is 0. The molecular formula is C16H11N3O3. The number of hydrogen-bond donors (Lipinski definition) is 0. The van der Waals surface area contributed by atoms with Crippen LogP contribution in [0.1, 0.15) is 0 Å². The first-order valence-corrected chi connectivity index (χ1v) is 6.52. The molecule has 22 heavy (non-hydrogen) atoms. The third kappa shape index (κ3) is 3.06. The Morgan fingerprint density at radius 2 is 1.73 bits per heavy atom. The highest BCUT2D eigenvalue weighted by atomic mass is 16.6. The standard InChI is InChI=1S/C16H11N3O3/c20-19(21)13-6-9-16(18-10-13)22-14-7-8-15(17-11-14)12-4-2-1-3-5-12/h1-11H. The number of nitrogens with zero attached hydrogens (tertiary/aromatic N) is 3. The number of hydrogen-bond acceptors (Lipinski definition) is 5. The van der Waals surface area contributed by atoms with Gasteiger partial charge in [0.05, 0.1) is 16.8 Å². The molecular weight excluding hydrogens is 282 g/mol. The summed E-state index contributed by atoms with van der Waals surface area (Å²) in [5, 5.41) is 10.6. The molecule has 1 aromatic carbocycles. The van der Waals surface area contributed by atoms with Crippen molar-refractivity contribution < 1.29 is 9.66 Å². The van der Waals surface area contributed by atoms with E-state index in [-0.39, 0.29) is 11.6 Å². The molecule has 0 aliphatic carbocycles. The Bertz CT molecular complexity index is 772. The summed E-state index contributed by atoms with van der Waals surface area (Å²) in [6, 6.07) is 16.2. The summed E-state index contributed by atoms with van der Waals surface area (Å²) in [5.74, 6) is 0.792. The molecule has 0 unspecified atom stereocenters. The second-order valence-electron chi connectivity index (χ2n) is 4.46. The lowest BCUT2D eigenvalue weighted by Crippen LogP contribution is -1.92. The number of ether oxygens (including phenoxy) is 1. The van der Waals surface area contributed by atoms with E-state index in [4.69, 9.17) is 4.74 Å². The van der Waals surface area contributed by atoms with Crippen molar-refractivity contribution >= 4 is 5.69 Å². The van der Waals surface area contributed by atoms with Crippen molar-refractivity contribution in [3.8, 4) is 22.9 Å². The molecule has 0 bridgehead atoms. The Morgan fingerprint density at radius 1 is 0.909 bits per heavy atom. The monoisotopic (exact) mass is 293 g/mol. The maximum absolute atomic E-state index is 10.6. The molecule has 0 aliphatic heterocycles. The summed E-state index contributed by atoms with van der Waals surface area (Å²) in [6.07, 6.45) is 2.74. The van der Waals surface area contributed by atoms with Crippen molar-refractivity contribution in [1.29, 1.82) is 0 Å². The maximum atomic E-state index is 10.6. The van der Waals surface area contributed by atoms with E-state index in [1.54, 1.807) is 12.3 Å². The molecule has 0 amide bonds. The number of pyridine rings is 2. The van der Waals surface area contributed by atoms with Crippen LogP contribution in [-0.4, -0.2) is 14.9 Å². The fraction of sp³-hybridized carbons (Fsp3) is 0. The molecule has 3 aromatic rings. The van der Waals surface area contributed by atoms with Crippen LogP contribution in [0.3, 0.4) is 0 Å². The molecule has 0 saturated carbocycles. The first-order valence-electron chi connectivity index (χ1n) is 6.52. The van der Waals surface area contributed by atoms with Crippen LogP contribution in [0.5, 0.6) is 11.6 Å². The van der Waals surface area contributed by atoms with Crippen molar-refractivity contribution in [2.75, 3.05) is 0 Å². The minimum absolute atomic E-state index is 0.0788.